The van der Waals surface area contributed by atoms with Crippen LogP contribution in [0.15, 0.2) is 18.2 Å². The molecule has 0 amide bonds. The Hall–Kier alpha value is -0.730. The predicted molar refractivity (Wildman–Crippen MR) is 65.0 cm³/mol. The summed E-state index contributed by atoms with van der Waals surface area (Å²) in [6, 6.07) is 5.51. The van der Waals surface area contributed by atoms with Crippen LogP contribution in [0.3, 0.4) is 0 Å². The molecule has 0 aliphatic rings. The van der Waals surface area contributed by atoms with Crippen LogP contribution in [-0.4, -0.2) is 6.10 Å². The number of anilines is 1. The minimum absolute atomic E-state index is 0.209. The molecule has 0 radical (unpaired) electrons. The minimum Gasteiger partial charge on any atom is -0.398 e. The van der Waals surface area contributed by atoms with E-state index >= 15 is 0 Å². The van der Waals surface area contributed by atoms with Crippen molar-refractivity contribution in [3.63, 3.8) is 0 Å². The molecule has 15 heavy (non-hydrogen) atoms. The molecular weight excluding hydrogens is 210 g/mol. The summed E-state index contributed by atoms with van der Waals surface area (Å²) in [5.74, 6) is 0.494. The quantitative estimate of drug-likeness (QED) is 0.800. The summed E-state index contributed by atoms with van der Waals surface area (Å²) in [6.45, 7) is 6.78. The van der Waals surface area contributed by atoms with Gasteiger partial charge in [-0.1, -0.05) is 31.5 Å². The van der Waals surface area contributed by atoms with E-state index in [1.54, 1.807) is 0 Å². The SMILES string of the molecule is CC(C)C(C)OCc1c(N)cccc1Cl. The van der Waals surface area contributed by atoms with Gasteiger partial charge in [-0.05, 0) is 25.0 Å². The van der Waals surface area contributed by atoms with Crippen LogP contribution >= 0.6 is 11.6 Å². The van der Waals surface area contributed by atoms with E-state index in [4.69, 9.17) is 22.1 Å². The number of hydrogen-bond acceptors (Lipinski definition) is 2. The van der Waals surface area contributed by atoms with Crippen molar-refractivity contribution in [1.29, 1.82) is 0 Å². The Kier molecular flexibility index (Phi) is 4.43. The Labute approximate surface area is 96.4 Å². The maximum Gasteiger partial charge on any atom is 0.0755 e. The van der Waals surface area contributed by atoms with Crippen LogP contribution in [0.1, 0.15) is 26.3 Å². The second kappa shape index (κ2) is 5.38. The van der Waals surface area contributed by atoms with E-state index in [0.29, 0.717) is 23.2 Å². The summed E-state index contributed by atoms with van der Waals surface area (Å²) in [6.07, 6.45) is 0.209. The molecule has 3 heteroatoms. The fraction of sp³-hybridized carbons (Fsp3) is 0.500. The molecule has 0 aliphatic carbocycles. The Morgan fingerprint density at radius 1 is 1.33 bits per heavy atom. The van der Waals surface area contributed by atoms with Gasteiger partial charge in [-0.15, -0.1) is 0 Å². The number of hydrogen-bond donors (Lipinski definition) is 1. The lowest BCUT2D eigenvalue weighted by Crippen LogP contribution is -2.15. The van der Waals surface area contributed by atoms with Gasteiger partial charge in [0.05, 0.1) is 12.7 Å². The Bertz CT molecular complexity index is 305. The number of nitrogen functional groups attached to an aromatic ring is 1. The van der Waals surface area contributed by atoms with E-state index < -0.39 is 0 Å². The summed E-state index contributed by atoms with van der Waals surface area (Å²) in [4.78, 5) is 0. The van der Waals surface area contributed by atoms with Gasteiger partial charge < -0.3 is 10.5 Å². The van der Waals surface area contributed by atoms with Gasteiger partial charge in [0.1, 0.15) is 0 Å². The van der Waals surface area contributed by atoms with Crippen molar-refractivity contribution in [2.75, 3.05) is 5.73 Å². The standard InChI is InChI=1S/C12H18ClNO/c1-8(2)9(3)15-7-10-11(13)5-4-6-12(10)14/h4-6,8-9H,7,14H2,1-3H3. The first-order valence-corrected chi connectivity index (χ1v) is 5.54. The molecule has 1 atom stereocenters. The molecule has 1 aromatic carbocycles. The number of ether oxygens (including phenoxy) is 1. The van der Waals surface area contributed by atoms with Crippen molar-refractivity contribution in [2.24, 2.45) is 5.92 Å². The maximum absolute atomic E-state index is 6.03. The summed E-state index contributed by atoms with van der Waals surface area (Å²) < 4.78 is 5.69. The average Bonchev–Trinajstić information content (AvgIpc) is 2.16. The molecule has 0 aliphatic heterocycles. The van der Waals surface area contributed by atoms with Crippen molar-refractivity contribution in [2.45, 2.75) is 33.5 Å². The second-order valence-electron chi connectivity index (χ2n) is 4.07. The van der Waals surface area contributed by atoms with Crippen LogP contribution in [-0.2, 0) is 11.3 Å². The van der Waals surface area contributed by atoms with Gasteiger partial charge in [0, 0.05) is 16.3 Å². The zero-order valence-electron chi connectivity index (χ0n) is 9.46. The molecule has 1 aromatic rings. The lowest BCUT2D eigenvalue weighted by molar-refractivity contribution is 0.0238. The second-order valence-corrected chi connectivity index (χ2v) is 4.47. The summed E-state index contributed by atoms with van der Waals surface area (Å²) in [7, 11) is 0. The lowest BCUT2D eigenvalue weighted by atomic mass is 10.1. The van der Waals surface area contributed by atoms with Crippen LogP contribution in [0.2, 0.25) is 5.02 Å². The normalized spacial score (nSPS) is 13.1. The van der Waals surface area contributed by atoms with E-state index in [0.717, 1.165) is 5.56 Å². The van der Waals surface area contributed by atoms with Gasteiger partial charge in [0.25, 0.3) is 0 Å². The van der Waals surface area contributed by atoms with E-state index in [9.17, 15) is 0 Å². The van der Waals surface area contributed by atoms with Gasteiger partial charge in [0.15, 0.2) is 0 Å². The zero-order chi connectivity index (χ0) is 11.4. The molecule has 1 unspecified atom stereocenters. The smallest absolute Gasteiger partial charge is 0.0755 e. The third-order valence-corrected chi connectivity index (χ3v) is 2.94. The van der Waals surface area contributed by atoms with Gasteiger partial charge in [-0.2, -0.15) is 0 Å². The Balaban J connectivity index is 2.65. The number of benzene rings is 1. The largest absolute Gasteiger partial charge is 0.398 e. The number of rotatable bonds is 4. The van der Waals surface area contributed by atoms with Crippen LogP contribution in [0.5, 0.6) is 0 Å². The molecule has 2 nitrogen and oxygen atoms in total. The van der Waals surface area contributed by atoms with Gasteiger partial charge in [0.2, 0.25) is 0 Å². The van der Waals surface area contributed by atoms with Crippen LogP contribution < -0.4 is 5.73 Å². The highest BCUT2D eigenvalue weighted by Gasteiger charge is 2.10. The van der Waals surface area contributed by atoms with Gasteiger partial charge in [-0.3, -0.25) is 0 Å². The molecule has 0 heterocycles. The van der Waals surface area contributed by atoms with Crippen molar-refractivity contribution < 1.29 is 4.74 Å². The summed E-state index contributed by atoms with van der Waals surface area (Å²) in [5.41, 5.74) is 7.39. The average molecular weight is 228 g/mol. The highest BCUT2D eigenvalue weighted by Crippen LogP contribution is 2.23. The predicted octanol–water partition coefficient (Wildman–Crippen LogP) is 3.48. The fourth-order valence-corrected chi connectivity index (χ4v) is 1.37. The number of halogens is 1. The Morgan fingerprint density at radius 2 is 2.00 bits per heavy atom. The maximum atomic E-state index is 6.03. The van der Waals surface area contributed by atoms with Crippen LogP contribution in [0.25, 0.3) is 0 Å². The molecule has 0 saturated heterocycles. The summed E-state index contributed by atoms with van der Waals surface area (Å²) >= 11 is 6.03. The number of nitrogens with two attached hydrogens (primary N) is 1. The molecule has 0 spiro atoms. The monoisotopic (exact) mass is 227 g/mol. The lowest BCUT2D eigenvalue weighted by Gasteiger charge is -2.17. The summed E-state index contributed by atoms with van der Waals surface area (Å²) in [5, 5.41) is 0.672. The first kappa shape index (κ1) is 12.3. The van der Waals surface area contributed by atoms with Crippen LogP contribution in [0.4, 0.5) is 5.69 Å². The minimum atomic E-state index is 0.209. The highest BCUT2D eigenvalue weighted by atomic mass is 35.5. The van der Waals surface area contributed by atoms with E-state index in [-0.39, 0.29) is 6.10 Å². The fourth-order valence-electron chi connectivity index (χ4n) is 1.13. The molecule has 84 valence electrons. The molecule has 0 aromatic heterocycles. The molecule has 2 N–H and O–H groups in total. The van der Waals surface area contributed by atoms with E-state index in [1.165, 1.54) is 0 Å². The van der Waals surface area contributed by atoms with Crippen molar-refractivity contribution in [3.8, 4) is 0 Å². The third-order valence-electron chi connectivity index (χ3n) is 2.58. The molecule has 0 fully saturated rings. The van der Waals surface area contributed by atoms with Crippen LogP contribution in [0, 0.1) is 5.92 Å². The van der Waals surface area contributed by atoms with E-state index in [2.05, 4.69) is 20.8 Å². The van der Waals surface area contributed by atoms with E-state index in [1.807, 2.05) is 18.2 Å². The first-order valence-electron chi connectivity index (χ1n) is 5.16. The molecular formula is C12H18ClNO. The molecule has 0 saturated carbocycles. The Morgan fingerprint density at radius 3 is 2.53 bits per heavy atom. The van der Waals surface area contributed by atoms with Crippen molar-refractivity contribution in [3.05, 3.63) is 28.8 Å². The van der Waals surface area contributed by atoms with Gasteiger partial charge >= 0.3 is 0 Å². The highest BCUT2D eigenvalue weighted by molar-refractivity contribution is 6.31. The molecule has 0 bridgehead atoms. The first-order chi connectivity index (χ1) is 7.02. The molecule has 1 rings (SSSR count). The van der Waals surface area contributed by atoms with Crippen molar-refractivity contribution in [1.82, 2.24) is 0 Å². The van der Waals surface area contributed by atoms with Gasteiger partial charge in [-0.25, -0.2) is 0 Å². The topological polar surface area (TPSA) is 35.2 Å². The van der Waals surface area contributed by atoms with Crippen molar-refractivity contribution >= 4 is 17.3 Å². The zero-order valence-corrected chi connectivity index (χ0v) is 10.2. The third kappa shape index (κ3) is 3.40.